The Labute approximate surface area is 107 Å². The highest BCUT2D eigenvalue weighted by molar-refractivity contribution is 14.1. The third-order valence-corrected chi connectivity index (χ3v) is 2.74. The Balaban J connectivity index is 2.81. The lowest BCUT2D eigenvalue weighted by Gasteiger charge is -2.05. The molecule has 4 heteroatoms. The van der Waals surface area contributed by atoms with Crippen LogP contribution in [0.3, 0.4) is 0 Å². The van der Waals surface area contributed by atoms with Gasteiger partial charge < -0.3 is 14.2 Å². The van der Waals surface area contributed by atoms with Gasteiger partial charge in [-0.2, -0.15) is 0 Å². The fourth-order valence-corrected chi connectivity index (χ4v) is 1.66. The lowest BCUT2D eigenvalue weighted by atomic mass is 10.2. The van der Waals surface area contributed by atoms with Crippen LogP contribution < -0.4 is 0 Å². The monoisotopic (exact) mass is 330 g/mol. The molecule has 0 heterocycles. The van der Waals surface area contributed by atoms with Gasteiger partial charge in [-0.25, -0.2) is 0 Å². The molecular formula is C11H23IO3. The predicted molar refractivity (Wildman–Crippen MR) is 70.9 cm³/mol. The van der Waals surface area contributed by atoms with Crippen molar-refractivity contribution in [3.05, 3.63) is 0 Å². The molecule has 0 aromatic carbocycles. The second kappa shape index (κ2) is 14.6. The highest BCUT2D eigenvalue weighted by Gasteiger charge is 1.91. The summed E-state index contributed by atoms with van der Waals surface area (Å²) in [5, 5.41) is 0. The second-order valence-corrected chi connectivity index (χ2v) is 4.40. The SMILES string of the molecule is COCCOCCOCCCCCCI. The van der Waals surface area contributed by atoms with E-state index in [1.807, 2.05) is 0 Å². The first-order valence-electron chi connectivity index (χ1n) is 5.62. The Morgan fingerprint density at radius 2 is 1.33 bits per heavy atom. The topological polar surface area (TPSA) is 27.7 Å². The van der Waals surface area contributed by atoms with Gasteiger partial charge in [0.2, 0.25) is 0 Å². The number of unbranched alkanes of at least 4 members (excludes halogenated alkanes) is 3. The smallest absolute Gasteiger partial charge is 0.0701 e. The normalized spacial score (nSPS) is 10.8. The van der Waals surface area contributed by atoms with Gasteiger partial charge in [0.15, 0.2) is 0 Å². The minimum atomic E-state index is 0.662. The zero-order valence-corrected chi connectivity index (χ0v) is 11.8. The van der Waals surface area contributed by atoms with E-state index in [0.29, 0.717) is 26.4 Å². The summed E-state index contributed by atoms with van der Waals surface area (Å²) >= 11 is 2.42. The maximum Gasteiger partial charge on any atom is 0.0701 e. The fourth-order valence-electron chi connectivity index (χ4n) is 1.12. The summed E-state index contributed by atoms with van der Waals surface area (Å²) < 4.78 is 16.8. The van der Waals surface area contributed by atoms with E-state index in [1.54, 1.807) is 7.11 Å². The molecule has 0 fully saturated rings. The molecule has 0 unspecified atom stereocenters. The molecule has 0 rings (SSSR count). The van der Waals surface area contributed by atoms with Gasteiger partial charge in [-0.05, 0) is 17.3 Å². The van der Waals surface area contributed by atoms with E-state index in [9.17, 15) is 0 Å². The van der Waals surface area contributed by atoms with Crippen molar-refractivity contribution >= 4 is 22.6 Å². The van der Waals surface area contributed by atoms with Gasteiger partial charge in [0.05, 0.1) is 26.4 Å². The minimum absolute atomic E-state index is 0.662. The molecule has 0 saturated heterocycles. The van der Waals surface area contributed by atoms with E-state index in [4.69, 9.17) is 14.2 Å². The molecule has 0 bridgehead atoms. The zero-order chi connectivity index (χ0) is 11.2. The number of rotatable bonds is 12. The summed E-state index contributed by atoms with van der Waals surface area (Å²) in [7, 11) is 1.68. The van der Waals surface area contributed by atoms with Gasteiger partial charge in [0.25, 0.3) is 0 Å². The Kier molecular flexibility index (Phi) is 15.2. The van der Waals surface area contributed by atoms with Crippen LogP contribution in [-0.4, -0.2) is 44.6 Å². The second-order valence-electron chi connectivity index (χ2n) is 3.32. The largest absolute Gasteiger partial charge is 0.382 e. The number of methoxy groups -OCH3 is 1. The molecule has 3 nitrogen and oxygen atoms in total. The van der Waals surface area contributed by atoms with Gasteiger partial charge in [0, 0.05) is 13.7 Å². The third kappa shape index (κ3) is 14.6. The van der Waals surface area contributed by atoms with Crippen molar-refractivity contribution in [3.8, 4) is 0 Å². The lowest BCUT2D eigenvalue weighted by Crippen LogP contribution is -2.08. The van der Waals surface area contributed by atoms with Crippen LogP contribution in [0.4, 0.5) is 0 Å². The molecule has 0 radical (unpaired) electrons. The van der Waals surface area contributed by atoms with E-state index in [1.165, 1.54) is 30.1 Å². The Hall–Kier alpha value is 0.610. The number of ether oxygens (including phenoxy) is 3. The van der Waals surface area contributed by atoms with Crippen LogP contribution >= 0.6 is 22.6 Å². The van der Waals surface area contributed by atoms with Crippen LogP contribution in [0.25, 0.3) is 0 Å². The molecule has 0 aliphatic carbocycles. The summed E-state index contributed by atoms with van der Waals surface area (Å²) in [5.74, 6) is 0. The molecular weight excluding hydrogens is 307 g/mol. The van der Waals surface area contributed by atoms with E-state index < -0.39 is 0 Å². The standard InChI is InChI=1S/C11H23IO3/c1-13-8-9-15-11-10-14-7-5-3-2-4-6-12/h2-11H2,1H3. The van der Waals surface area contributed by atoms with Gasteiger partial charge in [0.1, 0.15) is 0 Å². The molecule has 0 N–H and O–H groups in total. The molecule has 0 saturated carbocycles. The quantitative estimate of drug-likeness (QED) is 0.313. The summed E-state index contributed by atoms with van der Waals surface area (Å²) in [6, 6.07) is 0. The van der Waals surface area contributed by atoms with Gasteiger partial charge in [-0.3, -0.25) is 0 Å². The summed E-state index contributed by atoms with van der Waals surface area (Å²) in [5.41, 5.74) is 0. The van der Waals surface area contributed by atoms with Crippen LogP contribution in [0.5, 0.6) is 0 Å². The molecule has 0 spiro atoms. The van der Waals surface area contributed by atoms with Crippen LogP contribution in [0.15, 0.2) is 0 Å². The molecule has 15 heavy (non-hydrogen) atoms. The van der Waals surface area contributed by atoms with Crippen molar-refractivity contribution in [2.75, 3.05) is 44.6 Å². The lowest BCUT2D eigenvalue weighted by molar-refractivity contribution is 0.0240. The molecule has 0 aliphatic rings. The average molecular weight is 330 g/mol. The van der Waals surface area contributed by atoms with Gasteiger partial charge >= 0.3 is 0 Å². The van der Waals surface area contributed by atoms with Gasteiger partial charge in [-0.1, -0.05) is 35.4 Å². The van der Waals surface area contributed by atoms with Crippen molar-refractivity contribution in [2.24, 2.45) is 0 Å². The summed E-state index contributed by atoms with van der Waals surface area (Å²) in [6.07, 6.45) is 5.12. The minimum Gasteiger partial charge on any atom is -0.382 e. The van der Waals surface area contributed by atoms with E-state index in [2.05, 4.69) is 22.6 Å². The summed E-state index contributed by atoms with van der Waals surface area (Å²) in [4.78, 5) is 0. The van der Waals surface area contributed by atoms with E-state index in [0.717, 1.165) is 6.61 Å². The van der Waals surface area contributed by atoms with Gasteiger partial charge in [-0.15, -0.1) is 0 Å². The third-order valence-electron chi connectivity index (χ3n) is 1.98. The highest BCUT2D eigenvalue weighted by Crippen LogP contribution is 2.02. The van der Waals surface area contributed by atoms with Crippen molar-refractivity contribution in [1.29, 1.82) is 0 Å². The highest BCUT2D eigenvalue weighted by atomic mass is 127. The molecule has 0 aromatic rings. The number of hydrogen-bond donors (Lipinski definition) is 0. The van der Waals surface area contributed by atoms with Crippen molar-refractivity contribution in [2.45, 2.75) is 25.7 Å². The van der Waals surface area contributed by atoms with E-state index in [-0.39, 0.29) is 0 Å². The first-order chi connectivity index (χ1) is 7.41. The molecule has 0 aromatic heterocycles. The number of alkyl halides is 1. The molecule has 0 aliphatic heterocycles. The summed E-state index contributed by atoms with van der Waals surface area (Å²) in [6.45, 7) is 3.58. The Morgan fingerprint density at radius 1 is 0.733 bits per heavy atom. The average Bonchev–Trinajstić information content (AvgIpc) is 2.26. The first kappa shape index (κ1) is 15.6. The van der Waals surface area contributed by atoms with Crippen LogP contribution in [0.2, 0.25) is 0 Å². The van der Waals surface area contributed by atoms with Crippen LogP contribution in [0.1, 0.15) is 25.7 Å². The molecule has 0 atom stereocenters. The predicted octanol–water partition coefficient (Wildman–Crippen LogP) is 2.66. The maximum atomic E-state index is 5.43. The molecule has 0 amide bonds. The number of hydrogen-bond acceptors (Lipinski definition) is 3. The number of halogens is 1. The Morgan fingerprint density at radius 3 is 2.00 bits per heavy atom. The van der Waals surface area contributed by atoms with Crippen LogP contribution in [0, 0.1) is 0 Å². The van der Waals surface area contributed by atoms with Crippen LogP contribution in [-0.2, 0) is 14.2 Å². The molecule has 92 valence electrons. The maximum absolute atomic E-state index is 5.43. The Bertz CT molecular complexity index is 100. The first-order valence-corrected chi connectivity index (χ1v) is 7.14. The zero-order valence-electron chi connectivity index (χ0n) is 9.67. The van der Waals surface area contributed by atoms with E-state index >= 15 is 0 Å². The van der Waals surface area contributed by atoms with Crippen molar-refractivity contribution in [1.82, 2.24) is 0 Å². The fraction of sp³-hybridized carbons (Fsp3) is 1.00. The van der Waals surface area contributed by atoms with Crippen molar-refractivity contribution in [3.63, 3.8) is 0 Å². The van der Waals surface area contributed by atoms with Crippen molar-refractivity contribution < 1.29 is 14.2 Å².